The van der Waals surface area contributed by atoms with E-state index in [-0.39, 0.29) is 17.1 Å². The van der Waals surface area contributed by atoms with Gasteiger partial charge >= 0.3 is 17.6 Å². The number of esters is 2. The smallest absolute Gasteiger partial charge is 0.334 e. The predicted molar refractivity (Wildman–Crippen MR) is 86.3 cm³/mol. The standard InChI is InChI=1S/C17H16N2O7/c1-9-13(19(22)23)14(26-18-9)12-11(10-7-5-4-6-8-10)17(12,15(20)24-2)16(21)25-3/h4-8,11-12H,1-3H3/t11-,12+/m1/s1. The van der Waals surface area contributed by atoms with Crippen LogP contribution in [-0.2, 0) is 19.1 Å². The summed E-state index contributed by atoms with van der Waals surface area (Å²) >= 11 is 0. The number of carbonyl (C=O) groups is 2. The number of methoxy groups -OCH3 is 2. The van der Waals surface area contributed by atoms with Crippen molar-refractivity contribution in [1.82, 2.24) is 5.16 Å². The fourth-order valence-corrected chi connectivity index (χ4v) is 3.60. The molecule has 0 N–H and O–H groups in total. The van der Waals surface area contributed by atoms with Crippen molar-refractivity contribution in [3.8, 4) is 0 Å². The molecule has 0 spiro atoms. The highest BCUT2D eigenvalue weighted by molar-refractivity contribution is 6.07. The van der Waals surface area contributed by atoms with Crippen LogP contribution < -0.4 is 0 Å². The summed E-state index contributed by atoms with van der Waals surface area (Å²) in [6.45, 7) is 1.42. The maximum atomic E-state index is 12.6. The molecule has 0 unspecified atom stereocenters. The van der Waals surface area contributed by atoms with Crippen molar-refractivity contribution in [2.24, 2.45) is 5.41 Å². The van der Waals surface area contributed by atoms with Crippen LogP contribution in [0.25, 0.3) is 0 Å². The van der Waals surface area contributed by atoms with Crippen LogP contribution in [-0.4, -0.2) is 36.2 Å². The van der Waals surface area contributed by atoms with E-state index in [1.54, 1.807) is 30.3 Å². The van der Waals surface area contributed by atoms with Gasteiger partial charge in [-0.3, -0.25) is 19.7 Å². The summed E-state index contributed by atoms with van der Waals surface area (Å²) < 4.78 is 14.8. The number of rotatable bonds is 5. The van der Waals surface area contributed by atoms with Crippen LogP contribution in [0.4, 0.5) is 5.69 Å². The Labute approximate surface area is 148 Å². The second-order valence-corrected chi connectivity index (χ2v) is 5.96. The topological polar surface area (TPSA) is 122 Å². The van der Waals surface area contributed by atoms with Crippen LogP contribution in [0.15, 0.2) is 34.9 Å². The SMILES string of the molecule is COC(=O)C1(C(=O)OC)[C@H](c2ccccc2)[C@H]1c1onc(C)c1[N+](=O)[O-]. The monoisotopic (exact) mass is 360 g/mol. The quantitative estimate of drug-likeness (QED) is 0.344. The number of carbonyl (C=O) groups excluding carboxylic acids is 2. The van der Waals surface area contributed by atoms with Crippen LogP contribution in [0.5, 0.6) is 0 Å². The Morgan fingerprint density at radius 3 is 2.23 bits per heavy atom. The van der Waals surface area contributed by atoms with E-state index in [9.17, 15) is 19.7 Å². The van der Waals surface area contributed by atoms with Crippen molar-refractivity contribution in [3.63, 3.8) is 0 Å². The minimum absolute atomic E-state index is 0.0624. The second kappa shape index (κ2) is 6.25. The molecule has 1 aromatic carbocycles. The summed E-state index contributed by atoms with van der Waals surface area (Å²) in [4.78, 5) is 36.0. The number of nitrogens with zero attached hydrogens (tertiary/aromatic N) is 2. The molecule has 0 radical (unpaired) electrons. The van der Waals surface area contributed by atoms with Crippen molar-refractivity contribution in [2.75, 3.05) is 14.2 Å². The zero-order chi connectivity index (χ0) is 19.1. The van der Waals surface area contributed by atoms with Gasteiger partial charge in [-0.15, -0.1) is 0 Å². The average Bonchev–Trinajstić information content (AvgIpc) is 3.20. The number of hydrogen-bond donors (Lipinski definition) is 0. The highest BCUT2D eigenvalue weighted by Crippen LogP contribution is 2.72. The number of hydrogen-bond acceptors (Lipinski definition) is 8. The van der Waals surface area contributed by atoms with Gasteiger partial charge in [0, 0.05) is 5.92 Å². The van der Waals surface area contributed by atoms with Crippen molar-refractivity contribution in [2.45, 2.75) is 18.8 Å². The maximum absolute atomic E-state index is 12.6. The Bertz CT molecular complexity index is 858. The first-order valence-electron chi connectivity index (χ1n) is 7.73. The number of nitro groups is 1. The lowest BCUT2D eigenvalue weighted by molar-refractivity contribution is -0.386. The van der Waals surface area contributed by atoms with E-state index >= 15 is 0 Å². The Morgan fingerprint density at radius 2 is 1.73 bits per heavy atom. The molecule has 0 amide bonds. The van der Waals surface area contributed by atoms with Crippen molar-refractivity contribution >= 4 is 17.6 Å². The molecule has 9 heteroatoms. The zero-order valence-electron chi connectivity index (χ0n) is 14.3. The van der Waals surface area contributed by atoms with Gasteiger partial charge < -0.3 is 14.0 Å². The third-order valence-electron chi connectivity index (χ3n) is 4.73. The number of aromatic nitrogens is 1. The lowest BCUT2D eigenvalue weighted by Crippen LogP contribution is -2.31. The van der Waals surface area contributed by atoms with Crippen LogP contribution in [0.2, 0.25) is 0 Å². The Morgan fingerprint density at radius 1 is 1.15 bits per heavy atom. The van der Waals surface area contributed by atoms with Gasteiger partial charge in [-0.2, -0.15) is 0 Å². The van der Waals surface area contributed by atoms with E-state index in [4.69, 9.17) is 14.0 Å². The summed E-state index contributed by atoms with van der Waals surface area (Å²) in [7, 11) is 2.29. The minimum atomic E-state index is -1.76. The Kier molecular flexibility index (Phi) is 4.23. The lowest BCUT2D eigenvalue weighted by Gasteiger charge is -2.12. The molecule has 26 heavy (non-hydrogen) atoms. The predicted octanol–water partition coefficient (Wildman–Crippen LogP) is 2.10. The first-order valence-corrected chi connectivity index (χ1v) is 7.73. The Hall–Kier alpha value is -3.23. The first kappa shape index (κ1) is 17.6. The summed E-state index contributed by atoms with van der Waals surface area (Å²) in [6, 6.07) is 8.70. The molecule has 2 atom stereocenters. The molecule has 1 saturated carbocycles. The van der Waals surface area contributed by atoms with Gasteiger partial charge in [0.2, 0.25) is 5.76 Å². The molecule has 0 saturated heterocycles. The molecule has 3 rings (SSSR count). The highest BCUT2D eigenvalue weighted by atomic mass is 16.6. The molecule has 2 aromatic rings. The number of benzene rings is 1. The molecule has 1 aromatic heterocycles. The largest absolute Gasteiger partial charge is 0.468 e. The maximum Gasteiger partial charge on any atom is 0.334 e. The van der Waals surface area contributed by atoms with Gasteiger partial charge in [0.25, 0.3) is 0 Å². The third kappa shape index (κ3) is 2.27. The number of aryl methyl sites for hydroxylation is 1. The van der Waals surface area contributed by atoms with Crippen LogP contribution >= 0.6 is 0 Å². The summed E-state index contributed by atoms with van der Waals surface area (Å²) in [5.74, 6) is -3.50. The average molecular weight is 360 g/mol. The van der Waals surface area contributed by atoms with Crippen LogP contribution in [0.3, 0.4) is 0 Å². The molecule has 9 nitrogen and oxygen atoms in total. The minimum Gasteiger partial charge on any atom is -0.468 e. The van der Waals surface area contributed by atoms with Gasteiger partial charge in [-0.25, -0.2) is 0 Å². The fraction of sp³-hybridized carbons (Fsp3) is 0.353. The van der Waals surface area contributed by atoms with E-state index < -0.39 is 34.1 Å². The van der Waals surface area contributed by atoms with Gasteiger partial charge in [0.05, 0.1) is 25.1 Å². The molecule has 1 aliphatic carbocycles. The van der Waals surface area contributed by atoms with Crippen LogP contribution in [0, 0.1) is 22.5 Å². The first-order chi connectivity index (χ1) is 12.4. The zero-order valence-corrected chi connectivity index (χ0v) is 14.3. The molecule has 136 valence electrons. The third-order valence-corrected chi connectivity index (χ3v) is 4.73. The van der Waals surface area contributed by atoms with E-state index in [0.29, 0.717) is 5.56 Å². The molecule has 0 aliphatic heterocycles. The molecular weight excluding hydrogens is 344 g/mol. The second-order valence-electron chi connectivity index (χ2n) is 5.96. The van der Waals surface area contributed by atoms with Crippen molar-refractivity contribution in [3.05, 3.63) is 57.5 Å². The number of ether oxygens (including phenoxy) is 2. The van der Waals surface area contributed by atoms with Gasteiger partial charge in [-0.05, 0) is 12.5 Å². The molecule has 1 fully saturated rings. The lowest BCUT2D eigenvalue weighted by atomic mass is 9.98. The van der Waals surface area contributed by atoms with Crippen LogP contribution in [0.1, 0.15) is 28.9 Å². The van der Waals surface area contributed by atoms with Gasteiger partial charge in [0.15, 0.2) is 11.1 Å². The van der Waals surface area contributed by atoms with E-state index in [2.05, 4.69) is 5.16 Å². The van der Waals surface area contributed by atoms with E-state index in [1.807, 2.05) is 0 Å². The molecule has 1 heterocycles. The summed E-state index contributed by atoms with van der Waals surface area (Å²) in [5.41, 5.74) is -1.42. The highest BCUT2D eigenvalue weighted by Gasteiger charge is 2.80. The fourth-order valence-electron chi connectivity index (χ4n) is 3.60. The van der Waals surface area contributed by atoms with Gasteiger partial charge in [-0.1, -0.05) is 35.5 Å². The van der Waals surface area contributed by atoms with Crippen molar-refractivity contribution in [1.29, 1.82) is 0 Å². The normalized spacial score (nSPS) is 20.3. The van der Waals surface area contributed by atoms with E-state index in [1.165, 1.54) is 6.92 Å². The Balaban J connectivity index is 2.22. The van der Waals surface area contributed by atoms with E-state index in [0.717, 1.165) is 14.2 Å². The molecule has 0 bridgehead atoms. The molecule has 1 aliphatic rings. The van der Waals surface area contributed by atoms with Gasteiger partial charge in [0.1, 0.15) is 0 Å². The summed E-state index contributed by atoms with van der Waals surface area (Å²) in [5, 5.41) is 15.1. The van der Waals surface area contributed by atoms with Crippen molar-refractivity contribution < 1.29 is 28.5 Å². The summed E-state index contributed by atoms with van der Waals surface area (Å²) in [6.07, 6.45) is 0. The molecular formula is C17H16N2O7.